The topological polar surface area (TPSA) is 29.5 Å². The van der Waals surface area contributed by atoms with Gasteiger partial charge in [-0.2, -0.15) is 0 Å². The van der Waals surface area contributed by atoms with Crippen molar-refractivity contribution >= 4 is 0 Å². The van der Waals surface area contributed by atoms with Crippen LogP contribution < -0.4 is 0 Å². The van der Waals surface area contributed by atoms with Crippen molar-refractivity contribution in [2.45, 2.75) is 44.0 Å². The van der Waals surface area contributed by atoms with Gasteiger partial charge in [-0.05, 0) is 25.7 Å². The Hall–Kier alpha value is -0.0800. The van der Waals surface area contributed by atoms with Crippen LogP contribution in [0.1, 0.15) is 25.7 Å². The summed E-state index contributed by atoms with van der Waals surface area (Å²) in [5.41, 5.74) is 0. The molecular weight excluding hydrogens is 116 g/mol. The van der Waals surface area contributed by atoms with Crippen molar-refractivity contribution in [2.24, 2.45) is 0 Å². The predicted octanol–water partition coefficient (Wildman–Crippen LogP) is 0.689. The van der Waals surface area contributed by atoms with Crippen molar-refractivity contribution in [2.75, 3.05) is 0 Å². The molecule has 0 saturated carbocycles. The maximum atomic E-state index is 9.21. The Morgan fingerprint density at radius 1 is 1.11 bits per heavy atom. The molecular formula is C7H12O2. The highest BCUT2D eigenvalue weighted by Gasteiger charge is 2.33. The Kier molecular flexibility index (Phi) is 1.24. The largest absolute Gasteiger partial charge is 0.393 e. The first-order valence-corrected chi connectivity index (χ1v) is 3.68. The van der Waals surface area contributed by atoms with Crippen molar-refractivity contribution in [1.29, 1.82) is 0 Å². The Morgan fingerprint density at radius 2 is 1.67 bits per heavy atom. The van der Waals surface area contributed by atoms with Crippen LogP contribution in [0.2, 0.25) is 0 Å². The van der Waals surface area contributed by atoms with E-state index in [1.165, 1.54) is 12.8 Å². The van der Waals surface area contributed by atoms with Crippen molar-refractivity contribution in [3.8, 4) is 0 Å². The van der Waals surface area contributed by atoms with Gasteiger partial charge in [-0.3, -0.25) is 0 Å². The van der Waals surface area contributed by atoms with E-state index < -0.39 is 0 Å². The van der Waals surface area contributed by atoms with Gasteiger partial charge in [-0.25, -0.2) is 0 Å². The Balaban J connectivity index is 2.03. The molecule has 0 spiro atoms. The number of hydrogen-bond donors (Lipinski definition) is 1. The summed E-state index contributed by atoms with van der Waals surface area (Å²) >= 11 is 0. The van der Waals surface area contributed by atoms with Gasteiger partial charge < -0.3 is 9.84 Å². The monoisotopic (exact) mass is 128 g/mol. The summed E-state index contributed by atoms with van der Waals surface area (Å²) in [5.74, 6) is 0. The quantitative estimate of drug-likeness (QED) is 0.520. The van der Waals surface area contributed by atoms with Crippen LogP contribution in [0.5, 0.6) is 0 Å². The highest BCUT2D eigenvalue weighted by molar-refractivity contribution is 4.83. The second-order valence-electron chi connectivity index (χ2n) is 3.08. The van der Waals surface area contributed by atoms with Crippen molar-refractivity contribution in [3.05, 3.63) is 0 Å². The number of fused-ring (bicyclic) bond motifs is 2. The van der Waals surface area contributed by atoms with Gasteiger partial charge in [-0.1, -0.05) is 0 Å². The minimum absolute atomic E-state index is 0.0729. The average Bonchev–Trinajstić information content (AvgIpc) is 2.11. The highest BCUT2D eigenvalue weighted by atomic mass is 16.5. The smallest absolute Gasteiger partial charge is 0.0604 e. The minimum Gasteiger partial charge on any atom is -0.393 e. The molecule has 2 unspecified atom stereocenters. The van der Waals surface area contributed by atoms with Crippen LogP contribution in [-0.2, 0) is 4.74 Å². The van der Waals surface area contributed by atoms with E-state index in [9.17, 15) is 5.11 Å². The number of rotatable bonds is 0. The van der Waals surface area contributed by atoms with E-state index in [0.29, 0.717) is 12.2 Å². The zero-order valence-corrected chi connectivity index (χ0v) is 5.42. The molecule has 2 heteroatoms. The lowest BCUT2D eigenvalue weighted by molar-refractivity contribution is -0.0520. The van der Waals surface area contributed by atoms with Gasteiger partial charge in [-0.15, -0.1) is 0 Å². The van der Waals surface area contributed by atoms with Gasteiger partial charge in [0.15, 0.2) is 0 Å². The summed E-state index contributed by atoms with van der Waals surface area (Å²) in [6, 6.07) is 0. The molecule has 0 aromatic rings. The van der Waals surface area contributed by atoms with Gasteiger partial charge in [0, 0.05) is 0 Å². The molecule has 2 rings (SSSR count). The Bertz CT molecular complexity index is 101. The van der Waals surface area contributed by atoms with E-state index >= 15 is 0 Å². The lowest BCUT2D eigenvalue weighted by Gasteiger charge is -2.24. The third-order valence-electron chi connectivity index (χ3n) is 2.27. The van der Waals surface area contributed by atoms with Crippen LogP contribution in [0.15, 0.2) is 0 Å². The molecule has 0 radical (unpaired) electrons. The highest BCUT2D eigenvalue weighted by Crippen LogP contribution is 2.31. The van der Waals surface area contributed by atoms with Crippen LogP contribution in [0.3, 0.4) is 0 Å². The Morgan fingerprint density at radius 3 is 2.22 bits per heavy atom. The molecule has 1 N–H and O–H groups in total. The average molecular weight is 128 g/mol. The van der Waals surface area contributed by atoms with Crippen LogP contribution in [0.4, 0.5) is 0 Å². The second kappa shape index (κ2) is 1.96. The molecule has 2 heterocycles. The maximum Gasteiger partial charge on any atom is 0.0604 e. The lowest BCUT2D eigenvalue weighted by atomic mass is 10.1. The first-order chi connectivity index (χ1) is 4.34. The van der Waals surface area contributed by atoms with E-state index in [1.807, 2.05) is 0 Å². The van der Waals surface area contributed by atoms with Crippen molar-refractivity contribution in [3.63, 3.8) is 0 Å². The Labute approximate surface area is 54.8 Å². The molecule has 2 bridgehead atoms. The number of aliphatic hydroxyl groups excluding tert-OH is 1. The number of ether oxygens (including phenoxy) is 1. The fourth-order valence-electron chi connectivity index (χ4n) is 1.83. The standard InChI is InChI=1S/C7H12O2/c8-5-3-6-1-2-7(4-5)9-6/h5-8H,1-4H2. The third-order valence-corrected chi connectivity index (χ3v) is 2.27. The molecule has 0 aliphatic carbocycles. The zero-order chi connectivity index (χ0) is 6.27. The van der Waals surface area contributed by atoms with Crippen LogP contribution >= 0.6 is 0 Å². The van der Waals surface area contributed by atoms with E-state index in [2.05, 4.69) is 0 Å². The van der Waals surface area contributed by atoms with E-state index in [0.717, 1.165) is 12.8 Å². The van der Waals surface area contributed by atoms with Crippen molar-refractivity contribution < 1.29 is 9.84 Å². The van der Waals surface area contributed by atoms with Crippen molar-refractivity contribution in [1.82, 2.24) is 0 Å². The summed E-state index contributed by atoms with van der Waals surface area (Å²) in [6.45, 7) is 0. The van der Waals surface area contributed by atoms with E-state index in [-0.39, 0.29) is 6.10 Å². The molecule has 2 fully saturated rings. The SMILES string of the molecule is OC1CC2CCC(C1)O2. The van der Waals surface area contributed by atoms with Crippen LogP contribution in [0, 0.1) is 0 Å². The van der Waals surface area contributed by atoms with E-state index in [1.54, 1.807) is 0 Å². The third kappa shape index (κ3) is 0.970. The minimum atomic E-state index is -0.0729. The molecule has 0 aromatic carbocycles. The maximum absolute atomic E-state index is 9.21. The van der Waals surface area contributed by atoms with Gasteiger partial charge in [0.1, 0.15) is 0 Å². The molecule has 2 aliphatic heterocycles. The zero-order valence-electron chi connectivity index (χ0n) is 5.42. The predicted molar refractivity (Wildman–Crippen MR) is 33.1 cm³/mol. The summed E-state index contributed by atoms with van der Waals surface area (Å²) in [6.07, 6.45) is 4.78. The first kappa shape index (κ1) is 5.69. The van der Waals surface area contributed by atoms with E-state index in [4.69, 9.17) is 4.74 Å². The van der Waals surface area contributed by atoms with Crippen LogP contribution in [-0.4, -0.2) is 23.4 Å². The molecule has 0 aromatic heterocycles. The van der Waals surface area contributed by atoms with Gasteiger partial charge in [0.25, 0.3) is 0 Å². The molecule has 2 atom stereocenters. The molecule has 0 amide bonds. The normalized spacial score (nSPS) is 49.7. The summed E-state index contributed by atoms with van der Waals surface area (Å²) in [7, 11) is 0. The molecule has 52 valence electrons. The first-order valence-electron chi connectivity index (χ1n) is 3.68. The summed E-state index contributed by atoms with van der Waals surface area (Å²) in [4.78, 5) is 0. The molecule has 2 saturated heterocycles. The fourth-order valence-corrected chi connectivity index (χ4v) is 1.83. The van der Waals surface area contributed by atoms with Crippen LogP contribution in [0.25, 0.3) is 0 Å². The summed E-state index contributed by atoms with van der Waals surface area (Å²) < 4.78 is 5.51. The molecule has 2 aliphatic rings. The summed E-state index contributed by atoms with van der Waals surface area (Å²) in [5, 5.41) is 9.21. The fraction of sp³-hybridized carbons (Fsp3) is 1.00. The molecule has 9 heavy (non-hydrogen) atoms. The van der Waals surface area contributed by atoms with Gasteiger partial charge in [0.05, 0.1) is 18.3 Å². The number of aliphatic hydroxyl groups is 1. The molecule has 2 nitrogen and oxygen atoms in total. The lowest BCUT2D eigenvalue weighted by Crippen LogP contribution is -2.28. The second-order valence-corrected chi connectivity index (χ2v) is 3.08. The van der Waals surface area contributed by atoms with Gasteiger partial charge >= 0.3 is 0 Å². The number of hydrogen-bond acceptors (Lipinski definition) is 2. The van der Waals surface area contributed by atoms with Gasteiger partial charge in [0.2, 0.25) is 0 Å².